The first kappa shape index (κ1) is 26.9. The molecule has 0 saturated carbocycles. The van der Waals surface area contributed by atoms with Gasteiger partial charge in [-0.15, -0.1) is 0 Å². The molecule has 0 radical (unpaired) electrons. The van der Waals surface area contributed by atoms with E-state index in [9.17, 15) is 9.59 Å². The van der Waals surface area contributed by atoms with Crippen molar-refractivity contribution in [3.8, 4) is 17.2 Å². The van der Waals surface area contributed by atoms with E-state index in [1.165, 1.54) is 11.3 Å². The quantitative estimate of drug-likeness (QED) is 0.291. The fraction of sp³-hybridized carbons (Fsp3) is 0.276. The molecule has 9 heteroatoms. The molecule has 2 heterocycles. The van der Waals surface area contributed by atoms with E-state index in [1.54, 1.807) is 43.7 Å². The molecule has 2 aromatic carbocycles. The summed E-state index contributed by atoms with van der Waals surface area (Å²) in [4.78, 5) is 32.1. The molecule has 1 aliphatic heterocycles. The maximum absolute atomic E-state index is 13.8. The maximum Gasteiger partial charge on any atom is 0.338 e. The number of ether oxygens (including phenoxy) is 4. The Morgan fingerprint density at radius 2 is 1.87 bits per heavy atom. The lowest BCUT2D eigenvalue weighted by atomic mass is 9.95. The van der Waals surface area contributed by atoms with E-state index < -0.39 is 12.0 Å². The Labute approximate surface area is 224 Å². The third-order valence-corrected chi connectivity index (χ3v) is 6.85. The zero-order valence-electron chi connectivity index (χ0n) is 21.9. The van der Waals surface area contributed by atoms with Gasteiger partial charge in [0.05, 0.1) is 42.2 Å². The Bertz CT molecular complexity index is 1550. The van der Waals surface area contributed by atoms with Crippen LogP contribution in [0.5, 0.6) is 17.2 Å². The average Bonchev–Trinajstić information content (AvgIpc) is 3.21. The van der Waals surface area contributed by atoms with Gasteiger partial charge in [0.2, 0.25) is 0 Å². The predicted octanol–water partition coefficient (Wildman–Crippen LogP) is 3.77. The average molecular weight is 535 g/mol. The molecule has 0 spiro atoms. The number of hydrogen-bond donors (Lipinski definition) is 0. The number of esters is 1. The summed E-state index contributed by atoms with van der Waals surface area (Å²) in [5, 5.41) is 0. The molecule has 1 aromatic heterocycles. The lowest BCUT2D eigenvalue weighted by Gasteiger charge is -2.25. The van der Waals surface area contributed by atoms with E-state index >= 15 is 0 Å². The lowest BCUT2D eigenvalue weighted by molar-refractivity contribution is -0.139. The fourth-order valence-electron chi connectivity index (χ4n) is 4.19. The minimum absolute atomic E-state index is 0.197. The number of carbonyl (C=O) groups excluding carboxylic acids is 1. The van der Waals surface area contributed by atoms with Crippen molar-refractivity contribution in [2.75, 3.05) is 26.9 Å². The van der Waals surface area contributed by atoms with Crippen LogP contribution in [0.15, 0.2) is 76.2 Å². The Kier molecular flexibility index (Phi) is 8.48. The summed E-state index contributed by atoms with van der Waals surface area (Å²) >= 11 is 1.27. The minimum atomic E-state index is -0.754. The smallest absolute Gasteiger partial charge is 0.338 e. The molecule has 198 valence electrons. The van der Waals surface area contributed by atoms with E-state index in [4.69, 9.17) is 18.9 Å². The second-order valence-electron chi connectivity index (χ2n) is 8.31. The third-order valence-electron chi connectivity index (χ3n) is 5.87. The fourth-order valence-corrected chi connectivity index (χ4v) is 5.24. The number of benzene rings is 2. The topological polar surface area (TPSA) is 88.4 Å². The molecular formula is C29H30N2O6S. The number of nitrogens with zero attached hydrogens (tertiary/aromatic N) is 2. The third kappa shape index (κ3) is 5.43. The first-order chi connectivity index (χ1) is 18.4. The van der Waals surface area contributed by atoms with Crippen LogP contribution in [0.4, 0.5) is 0 Å². The predicted molar refractivity (Wildman–Crippen MR) is 147 cm³/mol. The molecule has 1 atom stereocenters. The summed E-state index contributed by atoms with van der Waals surface area (Å²) in [6.45, 7) is 9.99. The first-order valence-corrected chi connectivity index (χ1v) is 13.1. The molecule has 8 nitrogen and oxygen atoms in total. The van der Waals surface area contributed by atoms with Crippen LogP contribution in [0.2, 0.25) is 0 Å². The molecule has 0 bridgehead atoms. The number of carbonyl (C=O) groups is 1. The van der Waals surface area contributed by atoms with Crippen molar-refractivity contribution in [3.05, 3.63) is 97.2 Å². The Hall–Kier alpha value is -4.11. The number of aromatic nitrogens is 1. The Balaban J connectivity index is 1.91. The normalized spacial score (nSPS) is 14.9. The molecular weight excluding hydrogens is 504 g/mol. The van der Waals surface area contributed by atoms with Crippen LogP contribution >= 0.6 is 11.3 Å². The lowest BCUT2D eigenvalue weighted by Crippen LogP contribution is -2.40. The number of methoxy groups -OCH3 is 1. The highest BCUT2D eigenvalue weighted by atomic mass is 32.1. The number of rotatable bonds is 10. The molecule has 3 aromatic rings. The molecule has 1 aliphatic rings. The van der Waals surface area contributed by atoms with Gasteiger partial charge in [-0.25, -0.2) is 9.79 Å². The van der Waals surface area contributed by atoms with Gasteiger partial charge in [-0.3, -0.25) is 9.36 Å². The summed E-state index contributed by atoms with van der Waals surface area (Å²) in [5.74, 6) is 1.25. The molecule has 38 heavy (non-hydrogen) atoms. The van der Waals surface area contributed by atoms with Crippen molar-refractivity contribution in [1.82, 2.24) is 4.57 Å². The van der Waals surface area contributed by atoms with Gasteiger partial charge >= 0.3 is 5.97 Å². The molecule has 0 amide bonds. The first-order valence-electron chi connectivity index (χ1n) is 12.3. The van der Waals surface area contributed by atoms with Crippen LogP contribution < -0.4 is 29.1 Å². The van der Waals surface area contributed by atoms with Gasteiger partial charge < -0.3 is 18.9 Å². The molecule has 0 fully saturated rings. The molecule has 0 saturated heterocycles. The summed E-state index contributed by atoms with van der Waals surface area (Å²) in [5.41, 5.74) is 2.06. The summed E-state index contributed by atoms with van der Waals surface area (Å²) in [7, 11) is 1.60. The summed E-state index contributed by atoms with van der Waals surface area (Å²) < 4.78 is 24.2. The zero-order valence-corrected chi connectivity index (χ0v) is 22.7. The number of hydrogen-bond acceptors (Lipinski definition) is 8. The van der Waals surface area contributed by atoms with Gasteiger partial charge in [-0.1, -0.05) is 42.2 Å². The Morgan fingerprint density at radius 1 is 1.11 bits per heavy atom. The summed E-state index contributed by atoms with van der Waals surface area (Å²) in [6.07, 6.45) is 3.46. The van der Waals surface area contributed by atoms with Gasteiger partial charge in [0.1, 0.15) is 12.4 Å². The monoisotopic (exact) mass is 534 g/mol. The standard InChI is InChI=1S/C29H30N2O6S/c1-6-15-37-22-14-11-20(17-23(22)35-7-2)26-25(28(33)36-8-3)18(4)30-29-31(26)27(32)24(38-29)16-19-9-12-21(34-5)13-10-19/h6,9-14,16-17,26H,1,7-8,15H2,2-5H3/b24-16-/t26-/m1/s1. The van der Waals surface area contributed by atoms with Crippen LogP contribution in [0, 0.1) is 0 Å². The van der Waals surface area contributed by atoms with Gasteiger partial charge in [0, 0.05) is 0 Å². The number of thiazole rings is 1. The van der Waals surface area contributed by atoms with Gasteiger partial charge in [0.15, 0.2) is 16.3 Å². The van der Waals surface area contributed by atoms with Gasteiger partial charge in [-0.2, -0.15) is 0 Å². The minimum Gasteiger partial charge on any atom is -0.497 e. The van der Waals surface area contributed by atoms with E-state index in [0.717, 1.165) is 11.3 Å². The van der Waals surface area contributed by atoms with Gasteiger partial charge in [0.25, 0.3) is 5.56 Å². The van der Waals surface area contributed by atoms with Crippen LogP contribution in [0.1, 0.15) is 37.9 Å². The summed E-state index contributed by atoms with van der Waals surface area (Å²) in [6, 6.07) is 12.1. The second kappa shape index (κ2) is 12.0. The van der Waals surface area contributed by atoms with E-state index in [0.29, 0.717) is 50.9 Å². The highest BCUT2D eigenvalue weighted by Crippen LogP contribution is 2.36. The maximum atomic E-state index is 13.8. The highest BCUT2D eigenvalue weighted by Gasteiger charge is 2.34. The van der Waals surface area contributed by atoms with Gasteiger partial charge in [-0.05, 0) is 62.2 Å². The van der Waals surface area contributed by atoms with Crippen molar-refractivity contribution in [3.63, 3.8) is 0 Å². The molecule has 0 unspecified atom stereocenters. The van der Waals surface area contributed by atoms with E-state index in [-0.39, 0.29) is 12.2 Å². The van der Waals surface area contributed by atoms with Crippen LogP contribution in [0.25, 0.3) is 6.08 Å². The largest absolute Gasteiger partial charge is 0.497 e. The van der Waals surface area contributed by atoms with Crippen molar-refractivity contribution >= 4 is 23.4 Å². The highest BCUT2D eigenvalue weighted by molar-refractivity contribution is 7.07. The van der Waals surface area contributed by atoms with E-state index in [2.05, 4.69) is 11.6 Å². The van der Waals surface area contributed by atoms with E-state index in [1.807, 2.05) is 43.3 Å². The molecule has 0 N–H and O–H groups in total. The number of fused-ring (bicyclic) bond motifs is 1. The zero-order chi connectivity index (χ0) is 27.2. The number of allylic oxidation sites excluding steroid dienone is 1. The van der Waals surface area contributed by atoms with Crippen molar-refractivity contribution in [2.24, 2.45) is 4.99 Å². The van der Waals surface area contributed by atoms with Crippen LogP contribution in [0.3, 0.4) is 0 Å². The Morgan fingerprint density at radius 3 is 2.53 bits per heavy atom. The van der Waals surface area contributed by atoms with Crippen molar-refractivity contribution in [1.29, 1.82) is 0 Å². The second-order valence-corrected chi connectivity index (χ2v) is 9.32. The van der Waals surface area contributed by atoms with Crippen LogP contribution in [-0.2, 0) is 9.53 Å². The van der Waals surface area contributed by atoms with Crippen molar-refractivity contribution < 1.29 is 23.7 Å². The SMILES string of the molecule is C=CCOc1ccc([C@@H]2C(C(=O)OCC)=C(C)N=c3s/c(=C\c4ccc(OC)cc4)c(=O)n32)cc1OCC. The van der Waals surface area contributed by atoms with Crippen LogP contribution in [-0.4, -0.2) is 37.5 Å². The molecule has 4 rings (SSSR count). The van der Waals surface area contributed by atoms with Crippen molar-refractivity contribution in [2.45, 2.75) is 26.8 Å². The molecule has 0 aliphatic carbocycles.